The SMILES string of the molecule is CCNC(=NCc1nc(C(C)C)cs1)NCCN(CC)C1CC1. The number of hydrogen-bond donors (Lipinski definition) is 2. The summed E-state index contributed by atoms with van der Waals surface area (Å²) in [6, 6.07) is 0.825. The van der Waals surface area contributed by atoms with Crippen LogP contribution in [0.3, 0.4) is 0 Å². The standard InChI is InChI=1S/C17H31N5S/c1-5-18-17(19-9-10-22(6-2)14-7-8-14)20-11-16-21-15(12-23-16)13(3)4/h12-14H,5-11H2,1-4H3,(H2,18,19,20). The van der Waals surface area contributed by atoms with Gasteiger partial charge in [-0.25, -0.2) is 9.98 Å². The summed E-state index contributed by atoms with van der Waals surface area (Å²) in [5.74, 6) is 1.37. The van der Waals surface area contributed by atoms with Crippen LogP contribution >= 0.6 is 11.3 Å². The van der Waals surface area contributed by atoms with Gasteiger partial charge in [0.2, 0.25) is 0 Å². The average Bonchev–Trinajstić information content (AvgIpc) is 3.25. The fourth-order valence-corrected chi connectivity index (χ4v) is 3.39. The number of likely N-dealkylation sites (N-methyl/N-ethyl adjacent to an activating group) is 1. The third kappa shape index (κ3) is 6.11. The van der Waals surface area contributed by atoms with Crippen LogP contribution in [0.15, 0.2) is 10.4 Å². The Morgan fingerprint density at radius 3 is 2.74 bits per heavy atom. The fourth-order valence-electron chi connectivity index (χ4n) is 2.51. The summed E-state index contributed by atoms with van der Waals surface area (Å²) < 4.78 is 0. The molecule has 1 aliphatic rings. The first kappa shape index (κ1) is 18.2. The van der Waals surface area contributed by atoms with Gasteiger partial charge in [-0.2, -0.15) is 0 Å². The third-order valence-corrected chi connectivity index (χ3v) is 4.89. The Morgan fingerprint density at radius 1 is 1.39 bits per heavy atom. The van der Waals surface area contributed by atoms with Crippen LogP contribution in [-0.2, 0) is 6.54 Å². The molecular formula is C17H31N5S. The van der Waals surface area contributed by atoms with Gasteiger partial charge in [-0.1, -0.05) is 20.8 Å². The van der Waals surface area contributed by atoms with Crippen molar-refractivity contribution in [3.63, 3.8) is 0 Å². The molecule has 1 aromatic heterocycles. The lowest BCUT2D eigenvalue weighted by atomic mass is 10.2. The van der Waals surface area contributed by atoms with Crippen LogP contribution in [0.2, 0.25) is 0 Å². The van der Waals surface area contributed by atoms with E-state index in [1.165, 1.54) is 18.5 Å². The highest BCUT2D eigenvalue weighted by Gasteiger charge is 2.27. The molecule has 6 heteroatoms. The predicted molar refractivity (Wildman–Crippen MR) is 99.3 cm³/mol. The van der Waals surface area contributed by atoms with Gasteiger partial charge in [-0.05, 0) is 32.2 Å². The molecule has 130 valence electrons. The molecule has 2 N–H and O–H groups in total. The molecule has 5 nitrogen and oxygen atoms in total. The lowest BCUT2D eigenvalue weighted by Gasteiger charge is -2.20. The number of aromatic nitrogens is 1. The van der Waals surface area contributed by atoms with Crippen molar-refractivity contribution >= 4 is 17.3 Å². The van der Waals surface area contributed by atoms with E-state index in [1.807, 2.05) is 0 Å². The maximum absolute atomic E-state index is 4.66. The van der Waals surface area contributed by atoms with Crippen molar-refractivity contribution in [3.8, 4) is 0 Å². The zero-order valence-corrected chi connectivity index (χ0v) is 15.7. The van der Waals surface area contributed by atoms with Gasteiger partial charge in [0.05, 0.1) is 12.2 Å². The molecule has 1 heterocycles. The molecule has 1 aliphatic carbocycles. The number of guanidine groups is 1. The van der Waals surface area contributed by atoms with Crippen molar-refractivity contribution in [1.82, 2.24) is 20.5 Å². The molecule has 0 saturated heterocycles. The van der Waals surface area contributed by atoms with Crippen LogP contribution in [0.4, 0.5) is 0 Å². The normalized spacial score (nSPS) is 15.5. The molecule has 1 aromatic rings. The Labute approximate surface area is 144 Å². The Morgan fingerprint density at radius 2 is 2.17 bits per heavy atom. The Bertz CT molecular complexity index is 493. The zero-order chi connectivity index (χ0) is 16.7. The molecule has 1 saturated carbocycles. The van der Waals surface area contributed by atoms with E-state index in [4.69, 9.17) is 0 Å². The number of aliphatic imine (C=N–C) groups is 1. The molecule has 0 amide bonds. The Hall–Kier alpha value is -1.14. The van der Waals surface area contributed by atoms with Crippen molar-refractivity contribution in [2.45, 2.75) is 59.0 Å². The molecule has 0 aromatic carbocycles. The first-order valence-electron chi connectivity index (χ1n) is 8.84. The van der Waals surface area contributed by atoms with E-state index in [0.717, 1.165) is 43.2 Å². The van der Waals surface area contributed by atoms with E-state index in [9.17, 15) is 0 Å². The van der Waals surface area contributed by atoms with Gasteiger partial charge >= 0.3 is 0 Å². The topological polar surface area (TPSA) is 52.6 Å². The minimum absolute atomic E-state index is 0.484. The second kappa shape index (κ2) is 9.23. The van der Waals surface area contributed by atoms with Crippen LogP contribution in [-0.4, -0.2) is 48.1 Å². The number of thiazole rings is 1. The highest BCUT2D eigenvalue weighted by Crippen LogP contribution is 2.25. The van der Waals surface area contributed by atoms with Crippen molar-refractivity contribution in [2.24, 2.45) is 4.99 Å². The molecule has 0 bridgehead atoms. The summed E-state index contributed by atoms with van der Waals surface area (Å²) in [6.45, 7) is 13.4. The monoisotopic (exact) mass is 337 g/mol. The van der Waals surface area contributed by atoms with Gasteiger partial charge in [-0.3, -0.25) is 4.90 Å². The minimum atomic E-state index is 0.484. The first-order chi connectivity index (χ1) is 11.1. The highest BCUT2D eigenvalue weighted by atomic mass is 32.1. The zero-order valence-electron chi connectivity index (χ0n) is 14.9. The van der Waals surface area contributed by atoms with Gasteiger partial charge in [0.1, 0.15) is 5.01 Å². The molecule has 23 heavy (non-hydrogen) atoms. The van der Waals surface area contributed by atoms with E-state index < -0.39 is 0 Å². The van der Waals surface area contributed by atoms with Crippen LogP contribution in [0, 0.1) is 0 Å². The largest absolute Gasteiger partial charge is 0.357 e. The molecule has 0 aliphatic heterocycles. The van der Waals surface area contributed by atoms with Crippen molar-refractivity contribution in [2.75, 3.05) is 26.2 Å². The molecule has 0 unspecified atom stereocenters. The van der Waals surface area contributed by atoms with Gasteiger partial charge in [-0.15, -0.1) is 11.3 Å². The molecule has 1 fully saturated rings. The highest BCUT2D eigenvalue weighted by molar-refractivity contribution is 7.09. The summed E-state index contributed by atoms with van der Waals surface area (Å²) >= 11 is 1.70. The smallest absolute Gasteiger partial charge is 0.191 e. The number of nitrogens with zero attached hydrogens (tertiary/aromatic N) is 3. The van der Waals surface area contributed by atoms with E-state index in [-0.39, 0.29) is 0 Å². The fraction of sp³-hybridized carbons (Fsp3) is 0.765. The second-order valence-electron chi connectivity index (χ2n) is 6.30. The number of rotatable bonds is 9. The molecule has 0 radical (unpaired) electrons. The van der Waals surface area contributed by atoms with Crippen LogP contribution in [0.25, 0.3) is 0 Å². The summed E-state index contributed by atoms with van der Waals surface area (Å²) in [5.41, 5.74) is 1.17. The summed E-state index contributed by atoms with van der Waals surface area (Å²) in [6.07, 6.45) is 2.73. The maximum atomic E-state index is 4.66. The van der Waals surface area contributed by atoms with E-state index in [1.54, 1.807) is 11.3 Å². The lowest BCUT2D eigenvalue weighted by molar-refractivity contribution is 0.282. The summed E-state index contributed by atoms with van der Waals surface area (Å²) in [5, 5.41) is 9.98. The van der Waals surface area contributed by atoms with Crippen LogP contribution in [0.1, 0.15) is 57.2 Å². The average molecular weight is 338 g/mol. The predicted octanol–water partition coefficient (Wildman–Crippen LogP) is 2.81. The second-order valence-corrected chi connectivity index (χ2v) is 7.25. The van der Waals surface area contributed by atoms with Crippen molar-refractivity contribution in [1.29, 1.82) is 0 Å². The first-order valence-corrected chi connectivity index (χ1v) is 9.72. The maximum Gasteiger partial charge on any atom is 0.191 e. The third-order valence-electron chi connectivity index (χ3n) is 4.04. The molecular weight excluding hydrogens is 306 g/mol. The molecule has 2 rings (SSSR count). The number of hydrogen-bond acceptors (Lipinski definition) is 4. The van der Waals surface area contributed by atoms with E-state index >= 15 is 0 Å². The quantitative estimate of drug-likeness (QED) is 0.537. The Balaban J connectivity index is 1.81. The van der Waals surface area contributed by atoms with Crippen LogP contribution < -0.4 is 10.6 Å². The van der Waals surface area contributed by atoms with Crippen molar-refractivity contribution in [3.05, 3.63) is 16.1 Å². The lowest BCUT2D eigenvalue weighted by Crippen LogP contribution is -2.42. The van der Waals surface area contributed by atoms with Crippen LogP contribution in [0.5, 0.6) is 0 Å². The van der Waals surface area contributed by atoms with E-state index in [2.05, 4.69) is 58.6 Å². The van der Waals surface area contributed by atoms with Gasteiger partial charge in [0, 0.05) is 31.1 Å². The van der Waals surface area contributed by atoms with Gasteiger partial charge < -0.3 is 10.6 Å². The van der Waals surface area contributed by atoms with Crippen molar-refractivity contribution < 1.29 is 0 Å². The van der Waals surface area contributed by atoms with Gasteiger partial charge in [0.15, 0.2) is 5.96 Å². The molecule has 0 atom stereocenters. The summed E-state index contributed by atoms with van der Waals surface area (Å²) in [4.78, 5) is 11.9. The number of nitrogens with one attached hydrogen (secondary N) is 2. The van der Waals surface area contributed by atoms with Gasteiger partial charge in [0.25, 0.3) is 0 Å². The minimum Gasteiger partial charge on any atom is -0.357 e. The summed E-state index contributed by atoms with van der Waals surface area (Å²) in [7, 11) is 0. The molecule has 0 spiro atoms. The van der Waals surface area contributed by atoms with E-state index in [0.29, 0.717) is 12.5 Å². The Kier molecular flexibility index (Phi) is 7.30.